The minimum atomic E-state index is -0.949. The fraction of sp³-hybridized carbons (Fsp3) is 0.286. The zero-order valence-electron chi connectivity index (χ0n) is 7.03. The van der Waals surface area contributed by atoms with Crippen molar-refractivity contribution in [2.24, 2.45) is 0 Å². The van der Waals surface area contributed by atoms with E-state index in [0.29, 0.717) is 6.54 Å². The van der Waals surface area contributed by atoms with E-state index in [-0.39, 0.29) is 0 Å². The Balaban J connectivity index is 0.000000145. The van der Waals surface area contributed by atoms with Crippen molar-refractivity contribution in [2.75, 3.05) is 13.1 Å². The number of amides is 1. The van der Waals surface area contributed by atoms with Gasteiger partial charge in [-0.2, -0.15) is 0 Å². The maximum absolute atomic E-state index is 10.0. The van der Waals surface area contributed by atoms with Crippen LogP contribution in [-0.2, 0) is 0 Å². The first-order valence-electron chi connectivity index (χ1n) is 3.86. The van der Waals surface area contributed by atoms with Gasteiger partial charge < -0.3 is 16.0 Å². The van der Waals surface area contributed by atoms with E-state index in [1.165, 1.54) is 0 Å². The molecule has 0 saturated heterocycles. The number of rotatable bonds is 0. The minimum absolute atomic E-state index is 0.440. The van der Waals surface area contributed by atoms with Crippen LogP contribution in [0, 0.1) is 0 Å². The lowest BCUT2D eigenvalue weighted by atomic mass is 10.6. The molecule has 6 heteroatoms. The lowest BCUT2D eigenvalue weighted by Crippen LogP contribution is -2.34. The van der Waals surface area contributed by atoms with Gasteiger partial charge >= 0.3 is 6.09 Å². The zero-order valence-corrected chi connectivity index (χ0v) is 7.03. The highest BCUT2D eigenvalue weighted by Gasteiger charge is 2.09. The molecule has 13 heavy (non-hydrogen) atoms. The van der Waals surface area contributed by atoms with Crippen LogP contribution < -0.4 is 16.3 Å². The molecule has 0 unspecified atom stereocenters. The summed E-state index contributed by atoms with van der Waals surface area (Å²) < 4.78 is 0. The molecule has 6 nitrogen and oxygen atoms in total. The summed E-state index contributed by atoms with van der Waals surface area (Å²) >= 11 is 0. The van der Waals surface area contributed by atoms with Gasteiger partial charge in [-0.15, -0.1) is 0 Å². The molecule has 72 valence electrons. The van der Waals surface area contributed by atoms with Gasteiger partial charge in [-0.05, 0) is 6.08 Å². The molecule has 0 fully saturated rings. The summed E-state index contributed by atoms with van der Waals surface area (Å²) in [6.45, 7) is 1.40. The molecule has 2 rings (SSSR count). The van der Waals surface area contributed by atoms with Gasteiger partial charge in [0.2, 0.25) is 0 Å². The molecule has 2 aliphatic rings. The van der Waals surface area contributed by atoms with Crippen molar-refractivity contribution in [3.63, 3.8) is 0 Å². The predicted octanol–water partition coefficient (Wildman–Crippen LogP) is -0.394. The third-order valence-corrected chi connectivity index (χ3v) is 1.39. The summed E-state index contributed by atoms with van der Waals surface area (Å²) in [6, 6.07) is 0. The zero-order chi connectivity index (χ0) is 9.52. The number of hydrogen-bond donors (Lipinski definition) is 4. The van der Waals surface area contributed by atoms with Crippen LogP contribution in [0.1, 0.15) is 0 Å². The van der Waals surface area contributed by atoms with E-state index in [4.69, 9.17) is 5.11 Å². The molecular formula is C7H12N4O2. The second-order valence-corrected chi connectivity index (χ2v) is 2.35. The Hall–Kier alpha value is -1.69. The van der Waals surface area contributed by atoms with Gasteiger partial charge in [-0.3, -0.25) is 0 Å². The summed E-state index contributed by atoms with van der Waals surface area (Å²) in [4.78, 5) is 10.0. The van der Waals surface area contributed by atoms with Crippen LogP contribution in [-0.4, -0.2) is 29.3 Å². The van der Waals surface area contributed by atoms with Crippen LogP contribution in [0.15, 0.2) is 24.6 Å². The van der Waals surface area contributed by atoms with Crippen molar-refractivity contribution in [3.8, 4) is 0 Å². The Kier molecular flexibility index (Phi) is 3.65. The molecule has 2 aliphatic heterocycles. The van der Waals surface area contributed by atoms with Crippen LogP contribution in [0.5, 0.6) is 0 Å². The maximum Gasteiger partial charge on any atom is 0.426 e. The second-order valence-electron chi connectivity index (χ2n) is 2.35. The number of hydrazine groups is 2. The quantitative estimate of drug-likeness (QED) is 0.412. The lowest BCUT2D eigenvalue weighted by molar-refractivity contribution is 0.141. The van der Waals surface area contributed by atoms with Crippen molar-refractivity contribution in [3.05, 3.63) is 24.6 Å². The van der Waals surface area contributed by atoms with E-state index in [9.17, 15) is 4.79 Å². The second kappa shape index (κ2) is 5.04. The average Bonchev–Trinajstić information content (AvgIpc) is 2.82. The Labute approximate surface area is 75.8 Å². The van der Waals surface area contributed by atoms with Crippen LogP contribution in [0.3, 0.4) is 0 Å². The largest absolute Gasteiger partial charge is 0.464 e. The Morgan fingerprint density at radius 3 is 2.46 bits per heavy atom. The van der Waals surface area contributed by atoms with Gasteiger partial charge in [0.1, 0.15) is 0 Å². The third kappa shape index (κ3) is 3.48. The Bertz CT molecular complexity index is 213. The molecule has 1 amide bonds. The van der Waals surface area contributed by atoms with Gasteiger partial charge in [0.25, 0.3) is 0 Å². The predicted molar refractivity (Wildman–Crippen MR) is 47.3 cm³/mol. The van der Waals surface area contributed by atoms with Gasteiger partial charge in [-0.25, -0.2) is 15.2 Å². The molecule has 0 bridgehead atoms. The standard InChI is InChI=1S/C4H6N2O2.C3H6N2/c7-4(8)6-3-1-2-5-6;1-2-4-5-3-1/h1-2,5H,3H2,(H,7,8);1-2,4-5H,3H2. The number of hydrogen-bond acceptors (Lipinski definition) is 4. The molecule has 0 aromatic rings. The van der Waals surface area contributed by atoms with Crippen LogP contribution >= 0.6 is 0 Å². The molecule has 0 radical (unpaired) electrons. The molecule has 0 aromatic carbocycles. The van der Waals surface area contributed by atoms with E-state index in [0.717, 1.165) is 11.6 Å². The summed E-state index contributed by atoms with van der Waals surface area (Å²) in [5.74, 6) is 0. The molecule has 0 aromatic heterocycles. The van der Waals surface area contributed by atoms with Crippen LogP contribution in [0.4, 0.5) is 4.79 Å². The maximum atomic E-state index is 10.0. The third-order valence-electron chi connectivity index (χ3n) is 1.39. The number of nitrogens with zero attached hydrogens (tertiary/aromatic N) is 1. The van der Waals surface area contributed by atoms with Gasteiger partial charge in [0.05, 0.1) is 6.54 Å². The normalized spacial score (nSPS) is 17.4. The summed E-state index contributed by atoms with van der Waals surface area (Å²) in [5.41, 5.74) is 8.16. The number of carboxylic acid groups (broad SMARTS) is 1. The highest BCUT2D eigenvalue weighted by Crippen LogP contribution is 1.90. The number of carbonyl (C=O) groups is 1. The van der Waals surface area contributed by atoms with Crippen LogP contribution in [0.25, 0.3) is 0 Å². The van der Waals surface area contributed by atoms with Crippen molar-refractivity contribution in [1.29, 1.82) is 0 Å². The SMILES string of the molecule is C1=CNNC1.O=C(O)N1CC=CN1. The van der Waals surface area contributed by atoms with Gasteiger partial charge in [0.15, 0.2) is 0 Å². The summed E-state index contributed by atoms with van der Waals surface area (Å²) in [5, 5.41) is 9.32. The molecule has 0 spiro atoms. The highest BCUT2D eigenvalue weighted by molar-refractivity contribution is 5.65. The van der Waals surface area contributed by atoms with Crippen molar-refractivity contribution in [2.45, 2.75) is 0 Å². The fourth-order valence-electron chi connectivity index (χ4n) is 0.781. The van der Waals surface area contributed by atoms with Crippen molar-refractivity contribution < 1.29 is 9.90 Å². The van der Waals surface area contributed by atoms with Crippen molar-refractivity contribution >= 4 is 6.09 Å². The van der Waals surface area contributed by atoms with Crippen LogP contribution in [0.2, 0.25) is 0 Å². The highest BCUT2D eigenvalue weighted by atomic mass is 16.4. The van der Waals surface area contributed by atoms with E-state index < -0.39 is 6.09 Å². The summed E-state index contributed by atoms with van der Waals surface area (Å²) in [6.07, 6.45) is 6.26. The lowest BCUT2D eigenvalue weighted by Gasteiger charge is -2.09. The first kappa shape index (κ1) is 9.40. The first-order chi connectivity index (χ1) is 6.30. The Morgan fingerprint density at radius 2 is 2.23 bits per heavy atom. The topological polar surface area (TPSA) is 76.6 Å². The molecule has 0 atom stereocenters. The molecule has 2 heterocycles. The minimum Gasteiger partial charge on any atom is -0.464 e. The van der Waals surface area contributed by atoms with E-state index in [1.54, 1.807) is 12.3 Å². The molecule has 0 aliphatic carbocycles. The summed E-state index contributed by atoms with van der Waals surface area (Å²) in [7, 11) is 0. The van der Waals surface area contributed by atoms with E-state index >= 15 is 0 Å². The molecular weight excluding hydrogens is 172 g/mol. The average molecular weight is 184 g/mol. The fourth-order valence-corrected chi connectivity index (χ4v) is 0.781. The molecule has 0 saturated carbocycles. The monoisotopic (exact) mass is 184 g/mol. The van der Waals surface area contributed by atoms with Crippen molar-refractivity contribution in [1.82, 2.24) is 21.3 Å². The molecule has 4 N–H and O–H groups in total. The Morgan fingerprint density at radius 1 is 1.38 bits per heavy atom. The van der Waals surface area contributed by atoms with E-state index in [1.807, 2.05) is 12.3 Å². The number of nitrogens with one attached hydrogen (secondary N) is 3. The van der Waals surface area contributed by atoms with Gasteiger partial charge in [0, 0.05) is 18.9 Å². The van der Waals surface area contributed by atoms with E-state index in [2.05, 4.69) is 16.3 Å². The smallest absolute Gasteiger partial charge is 0.426 e. The van der Waals surface area contributed by atoms with Gasteiger partial charge in [-0.1, -0.05) is 6.08 Å². The first-order valence-corrected chi connectivity index (χ1v) is 3.86.